The molecule has 1 fully saturated rings. The van der Waals surface area contributed by atoms with Gasteiger partial charge in [-0.1, -0.05) is 59.2 Å². The molecule has 1 amide bonds. The van der Waals surface area contributed by atoms with Gasteiger partial charge < -0.3 is 19.3 Å². The molecule has 8 nitrogen and oxygen atoms in total. The average molecular weight is 546 g/mol. The van der Waals surface area contributed by atoms with Gasteiger partial charge in [-0.05, 0) is 48.4 Å². The van der Waals surface area contributed by atoms with Gasteiger partial charge in [-0.15, -0.1) is 0 Å². The zero-order valence-corrected chi connectivity index (χ0v) is 22.2. The maximum Gasteiger partial charge on any atom is 0.343 e. The van der Waals surface area contributed by atoms with Crippen LogP contribution in [0.25, 0.3) is 22.5 Å². The molecule has 200 valence electrons. The van der Waals surface area contributed by atoms with Crippen LogP contribution in [0, 0.1) is 0 Å². The summed E-state index contributed by atoms with van der Waals surface area (Å²) in [5.41, 5.74) is 3.29. The molecule has 9 heteroatoms. The summed E-state index contributed by atoms with van der Waals surface area (Å²) in [4.78, 5) is 28.2. The van der Waals surface area contributed by atoms with Crippen LogP contribution in [0.2, 0.25) is 5.02 Å². The summed E-state index contributed by atoms with van der Waals surface area (Å²) in [6.45, 7) is 6.30. The van der Waals surface area contributed by atoms with Crippen molar-refractivity contribution in [3.8, 4) is 28.2 Å². The van der Waals surface area contributed by atoms with Crippen molar-refractivity contribution in [2.45, 2.75) is 13.5 Å². The van der Waals surface area contributed by atoms with Crippen molar-refractivity contribution < 1.29 is 23.6 Å². The third-order valence-electron chi connectivity index (χ3n) is 6.40. The van der Waals surface area contributed by atoms with Gasteiger partial charge in [0.2, 0.25) is 0 Å². The fraction of sp³-hybridized carbons (Fsp3) is 0.233. The molecule has 0 atom stereocenters. The molecule has 0 spiro atoms. The van der Waals surface area contributed by atoms with Crippen LogP contribution in [0.5, 0.6) is 5.75 Å². The topological polar surface area (TPSA) is 93.9 Å². The second-order valence-electron chi connectivity index (χ2n) is 9.08. The largest absolute Gasteiger partial charge is 0.422 e. The number of benzene rings is 3. The van der Waals surface area contributed by atoms with Gasteiger partial charge in [-0.3, -0.25) is 9.69 Å². The minimum absolute atomic E-state index is 0.132. The first-order valence-corrected chi connectivity index (χ1v) is 13.2. The number of ether oxygens (including phenoxy) is 2. The summed E-state index contributed by atoms with van der Waals surface area (Å²) >= 11 is 6.36. The van der Waals surface area contributed by atoms with E-state index in [1.807, 2.05) is 37.3 Å². The first kappa shape index (κ1) is 26.6. The number of carbonyl (C=O) groups excluding carboxylic acids is 2. The molecule has 3 aromatic carbocycles. The molecule has 1 saturated heterocycles. The van der Waals surface area contributed by atoms with Gasteiger partial charge in [0.1, 0.15) is 5.75 Å². The second kappa shape index (κ2) is 12.3. The minimum Gasteiger partial charge on any atom is -0.422 e. The number of esters is 1. The molecule has 0 saturated carbocycles. The first-order chi connectivity index (χ1) is 19.0. The molecule has 1 aliphatic heterocycles. The van der Waals surface area contributed by atoms with E-state index in [4.69, 9.17) is 25.6 Å². The molecule has 2 heterocycles. The van der Waals surface area contributed by atoms with E-state index in [9.17, 15) is 9.59 Å². The number of hydrogen-bond acceptors (Lipinski definition) is 7. The van der Waals surface area contributed by atoms with Crippen molar-refractivity contribution in [2.24, 2.45) is 0 Å². The van der Waals surface area contributed by atoms with Crippen molar-refractivity contribution in [3.63, 3.8) is 0 Å². The Morgan fingerprint density at radius 1 is 1.03 bits per heavy atom. The Balaban J connectivity index is 1.53. The smallest absolute Gasteiger partial charge is 0.343 e. The first-order valence-electron chi connectivity index (χ1n) is 12.8. The summed E-state index contributed by atoms with van der Waals surface area (Å²) in [5, 5.41) is 7.32. The van der Waals surface area contributed by atoms with Crippen LogP contribution in [-0.4, -0.2) is 54.8 Å². The van der Waals surface area contributed by atoms with Crippen LogP contribution in [0.4, 0.5) is 0 Å². The lowest BCUT2D eigenvalue weighted by molar-refractivity contribution is 0.0342. The number of rotatable bonds is 8. The lowest BCUT2D eigenvalue weighted by atomic mass is 9.97. The predicted octanol–water partition coefficient (Wildman–Crippen LogP) is 5.46. The van der Waals surface area contributed by atoms with E-state index >= 15 is 0 Å². The Bertz CT molecular complexity index is 1450. The highest BCUT2D eigenvalue weighted by atomic mass is 35.5. The van der Waals surface area contributed by atoms with Crippen molar-refractivity contribution >= 4 is 23.5 Å². The van der Waals surface area contributed by atoms with E-state index in [0.29, 0.717) is 28.3 Å². The molecule has 1 aliphatic rings. The average Bonchev–Trinajstić information content (AvgIpc) is 3.41. The van der Waals surface area contributed by atoms with Crippen LogP contribution < -0.4 is 10.1 Å². The molecule has 5 rings (SSSR count). The lowest BCUT2D eigenvalue weighted by Gasteiger charge is -2.26. The third-order valence-corrected chi connectivity index (χ3v) is 6.63. The Hall–Kier alpha value is -3.98. The van der Waals surface area contributed by atoms with Crippen molar-refractivity contribution in [1.29, 1.82) is 0 Å². The number of nitrogens with one attached hydrogen (secondary N) is 1. The van der Waals surface area contributed by atoms with Gasteiger partial charge >= 0.3 is 5.97 Å². The molecule has 4 aromatic rings. The fourth-order valence-corrected chi connectivity index (χ4v) is 4.61. The maximum atomic E-state index is 13.0. The SMILES string of the molecule is CCNC(=O)c1noc(-c2cc(Cl)ccc2OC(=O)c2ccccc2)c1-c1ccc(CN2CCOCC2)cc1. The Kier molecular flexibility index (Phi) is 8.36. The predicted molar refractivity (Wildman–Crippen MR) is 148 cm³/mol. The van der Waals surface area contributed by atoms with Crippen molar-refractivity contribution in [2.75, 3.05) is 32.8 Å². The molecular weight excluding hydrogens is 518 g/mol. The molecule has 39 heavy (non-hydrogen) atoms. The van der Waals surface area contributed by atoms with Crippen LogP contribution in [0.3, 0.4) is 0 Å². The number of nitrogens with zero attached hydrogens (tertiary/aromatic N) is 2. The normalized spacial score (nSPS) is 13.7. The molecular formula is C30H28ClN3O5. The van der Waals surface area contributed by atoms with E-state index in [-0.39, 0.29) is 23.1 Å². The third kappa shape index (κ3) is 6.20. The lowest BCUT2D eigenvalue weighted by Crippen LogP contribution is -2.35. The molecule has 0 bridgehead atoms. The van der Waals surface area contributed by atoms with Gasteiger partial charge in [-0.2, -0.15) is 0 Å². The van der Waals surface area contributed by atoms with Crippen LogP contribution in [0.15, 0.2) is 77.3 Å². The maximum absolute atomic E-state index is 13.0. The highest BCUT2D eigenvalue weighted by Crippen LogP contribution is 2.41. The van der Waals surface area contributed by atoms with Crippen molar-refractivity contribution in [3.05, 3.63) is 94.6 Å². The number of aromatic nitrogens is 1. The highest BCUT2D eigenvalue weighted by molar-refractivity contribution is 6.31. The van der Waals surface area contributed by atoms with Gasteiger partial charge in [0.15, 0.2) is 11.5 Å². The number of hydrogen-bond donors (Lipinski definition) is 1. The van der Waals surface area contributed by atoms with Gasteiger partial charge in [-0.25, -0.2) is 4.79 Å². The zero-order chi connectivity index (χ0) is 27.2. The molecule has 0 radical (unpaired) electrons. The van der Waals surface area contributed by atoms with Gasteiger partial charge in [0, 0.05) is 31.2 Å². The van der Waals surface area contributed by atoms with E-state index in [2.05, 4.69) is 15.4 Å². The van der Waals surface area contributed by atoms with Gasteiger partial charge in [0.05, 0.1) is 29.9 Å². The zero-order valence-electron chi connectivity index (χ0n) is 21.5. The highest BCUT2D eigenvalue weighted by Gasteiger charge is 2.27. The summed E-state index contributed by atoms with van der Waals surface area (Å²) in [6.07, 6.45) is 0. The van der Waals surface area contributed by atoms with Gasteiger partial charge in [0.25, 0.3) is 5.91 Å². The second-order valence-corrected chi connectivity index (χ2v) is 9.51. The number of halogens is 1. The standard InChI is InChI=1S/C30H28ClN3O5/c1-2-32-29(35)27-26(21-10-8-20(9-11-21)19-34-14-16-37-17-15-34)28(39-33-27)24-18-23(31)12-13-25(24)38-30(36)22-6-4-3-5-7-22/h3-13,18H,2,14-17,19H2,1H3,(H,32,35). The molecule has 0 aliphatic carbocycles. The number of amides is 1. The van der Waals surface area contributed by atoms with E-state index in [1.54, 1.807) is 42.5 Å². The summed E-state index contributed by atoms with van der Waals surface area (Å²) in [7, 11) is 0. The minimum atomic E-state index is -0.531. The number of carbonyl (C=O) groups is 2. The van der Waals surface area contributed by atoms with E-state index < -0.39 is 5.97 Å². The Morgan fingerprint density at radius 3 is 2.49 bits per heavy atom. The van der Waals surface area contributed by atoms with E-state index in [1.165, 1.54) is 0 Å². The van der Waals surface area contributed by atoms with Crippen LogP contribution in [-0.2, 0) is 11.3 Å². The molecule has 1 aromatic heterocycles. The molecule has 0 unspecified atom stereocenters. The summed E-state index contributed by atoms with van der Waals surface area (Å²) in [5.74, 6) is -0.394. The van der Waals surface area contributed by atoms with Crippen LogP contribution in [0.1, 0.15) is 33.3 Å². The van der Waals surface area contributed by atoms with E-state index in [0.717, 1.165) is 44.0 Å². The van der Waals surface area contributed by atoms with Crippen LogP contribution >= 0.6 is 11.6 Å². The molecule has 1 N–H and O–H groups in total. The quantitative estimate of drug-likeness (QED) is 0.232. The summed E-state index contributed by atoms with van der Waals surface area (Å²) < 4.78 is 17.0. The Labute approximate surface area is 231 Å². The van der Waals surface area contributed by atoms with Crippen molar-refractivity contribution in [1.82, 2.24) is 15.4 Å². The Morgan fingerprint density at radius 2 is 1.77 bits per heavy atom. The number of morpholine rings is 1. The fourth-order valence-electron chi connectivity index (χ4n) is 4.44. The monoisotopic (exact) mass is 545 g/mol. The summed E-state index contributed by atoms with van der Waals surface area (Å²) in [6, 6.07) is 21.5.